The maximum atomic E-state index is 14.3. The number of benzene rings is 1. The number of anilines is 2. The summed E-state index contributed by atoms with van der Waals surface area (Å²) in [7, 11) is 0. The number of halogens is 3. The van der Waals surface area contributed by atoms with Gasteiger partial charge in [-0.15, -0.1) is 11.3 Å². The predicted molar refractivity (Wildman–Crippen MR) is 213 cm³/mol. The first-order chi connectivity index (χ1) is 28.1. The van der Waals surface area contributed by atoms with Crippen LogP contribution >= 0.6 is 11.3 Å². The molecular formula is C40H47F3N8O8S. The maximum absolute atomic E-state index is 14.3. The van der Waals surface area contributed by atoms with Crippen molar-refractivity contribution in [3.05, 3.63) is 41.7 Å². The van der Waals surface area contributed by atoms with Gasteiger partial charge in [0.05, 0.1) is 39.0 Å². The van der Waals surface area contributed by atoms with Crippen LogP contribution in [-0.2, 0) is 28.6 Å². The summed E-state index contributed by atoms with van der Waals surface area (Å²) in [6.45, 7) is 11.2. The van der Waals surface area contributed by atoms with E-state index in [1.165, 1.54) is 34.0 Å². The topological polar surface area (TPSA) is 178 Å². The molecule has 3 atom stereocenters. The van der Waals surface area contributed by atoms with E-state index >= 15 is 0 Å². The van der Waals surface area contributed by atoms with Gasteiger partial charge in [0.25, 0.3) is 0 Å². The number of alkyl halides is 3. The minimum Gasteiger partial charge on any atom is -0.443 e. The molecule has 1 aliphatic carbocycles. The molecule has 3 aliphatic rings. The molecule has 60 heavy (non-hydrogen) atoms. The number of pyridine rings is 1. The molecule has 1 unspecified atom stereocenters. The lowest BCUT2D eigenvalue weighted by molar-refractivity contribution is -0.201. The van der Waals surface area contributed by atoms with Gasteiger partial charge < -0.3 is 29.3 Å². The predicted octanol–water partition coefficient (Wildman–Crippen LogP) is 7.50. The number of fused-ring (bicyclic) bond motifs is 2. The van der Waals surface area contributed by atoms with E-state index < -0.39 is 71.0 Å². The Hall–Kier alpha value is -5.37. The molecule has 322 valence electrons. The van der Waals surface area contributed by atoms with E-state index in [4.69, 9.17) is 14.2 Å². The molecule has 2 saturated heterocycles. The first kappa shape index (κ1) is 42.7. The summed E-state index contributed by atoms with van der Waals surface area (Å²) >= 11 is 1.38. The highest BCUT2D eigenvalue weighted by Crippen LogP contribution is 2.59. The lowest BCUT2D eigenvalue weighted by Crippen LogP contribution is -2.60. The number of ether oxygens (including phenoxy) is 3. The van der Waals surface area contributed by atoms with E-state index in [9.17, 15) is 37.1 Å². The molecule has 4 aromatic rings. The molecule has 16 nitrogen and oxygen atoms in total. The van der Waals surface area contributed by atoms with Crippen LogP contribution in [0.1, 0.15) is 98.4 Å². The summed E-state index contributed by atoms with van der Waals surface area (Å²) in [4.78, 5) is 81.2. The van der Waals surface area contributed by atoms with Gasteiger partial charge in [-0.25, -0.2) is 24.2 Å². The molecule has 2 aliphatic heterocycles. The average molecular weight is 857 g/mol. The summed E-state index contributed by atoms with van der Waals surface area (Å²) < 4.78 is 61.9. The molecule has 3 aromatic heterocycles. The van der Waals surface area contributed by atoms with Crippen molar-refractivity contribution in [3.63, 3.8) is 0 Å². The molecule has 0 bridgehead atoms. The zero-order valence-corrected chi connectivity index (χ0v) is 35.1. The van der Waals surface area contributed by atoms with Crippen LogP contribution in [0, 0.1) is 5.41 Å². The largest absolute Gasteiger partial charge is 0.443 e. The summed E-state index contributed by atoms with van der Waals surface area (Å²) in [6.07, 6.45) is -3.19. The van der Waals surface area contributed by atoms with Crippen molar-refractivity contribution in [1.29, 1.82) is 0 Å². The van der Waals surface area contributed by atoms with Crippen molar-refractivity contribution >= 4 is 73.9 Å². The lowest BCUT2D eigenvalue weighted by Gasteiger charge is -2.46. The van der Waals surface area contributed by atoms with Gasteiger partial charge in [-0.3, -0.25) is 14.4 Å². The first-order valence-electron chi connectivity index (χ1n) is 19.7. The number of aromatic nitrogens is 4. The van der Waals surface area contributed by atoms with Crippen LogP contribution in [0.5, 0.6) is 0 Å². The Kier molecular flexibility index (Phi) is 11.1. The third-order valence-corrected chi connectivity index (χ3v) is 11.3. The quantitative estimate of drug-likeness (QED) is 0.197. The molecule has 1 N–H and O–H groups in total. The highest BCUT2D eigenvalue weighted by molar-refractivity contribution is 7.16. The summed E-state index contributed by atoms with van der Waals surface area (Å²) in [5.41, 5.74) is -1.86. The van der Waals surface area contributed by atoms with E-state index in [1.54, 1.807) is 65.3 Å². The van der Waals surface area contributed by atoms with Gasteiger partial charge in [0.15, 0.2) is 5.82 Å². The van der Waals surface area contributed by atoms with Crippen molar-refractivity contribution < 1.29 is 51.4 Å². The second-order valence-corrected chi connectivity index (χ2v) is 18.3. The Morgan fingerprint density at radius 1 is 0.950 bits per heavy atom. The van der Waals surface area contributed by atoms with Crippen molar-refractivity contribution in [3.8, 4) is 0 Å². The van der Waals surface area contributed by atoms with Crippen LogP contribution < -0.4 is 10.2 Å². The molecule has 0 spiro atoms. The number of nitrogens with one attached hydrogen (secondary N) is 1. The zero-order valence-electron chi connectivity index (χ0n) is 34.3. The van der Waals surface area contributed by atoms with Gasteiger partial charge in [0.1, 0.15) is 28.4 Å². The number of hydrogen-bond donors (Lipinski definition) is 1. The third kappa shape index (κ3) is 8.48. The number of carbonyl (C=O) groups is 5. The van der Waals surface area contributed by atoms with E-state index in [2.05, 4.69) is 20.4 Å². The Balaban J connectivity index is 1.24. The number of rotatable bonds is 5. The molecule has 5 amide bonds. The molecule has 3 fully saturated rings. The van der Waals surface area contributed by atoms with Gasteiger partial charge in [-0.1, -0.05) is 6.07 Å². The number of amides is 5. The normalized spacial score (nSPS) is 20.8. The average Bonchev–Trinajstić information content (AvgIpc) is 3.65. The second kappa shape index (κ2) is 15.6. The number of thiazole rings is 1. The van der Waals surface area contributed by atoms with Crippen LogP contribution in [0.15, 0.2) is 36.1 Å². The smallest absolute Gasteiger partial charge is 0.425 e. The van der Waals surface area contributed by atoms with E-state index in [1.807, 2.05) is 0 Å². The number of nitrogens with zero attached hydrogens (tertiary/aromatic N) is 7. The molecule has 1 aromatic carbocycles. The highest BCUT2D eigenvalue weighted by atomic mass is 32.1. The van der Waals surface area contributed by atoms with Crippen molar-refractivity contribution in [2.75, 3.05) is 29.9 Å². The van der Waals surface area contributed by atoms with Gasteiger partial charge in [0, 0.05) is 31.9 Å². The lowest BCUT2D eigenvalue weighted by atomic mass is 9.96. The van der Waals surface area contributed by atoms with Crippen LogP contribution in [0.4, 0.5) is 34.3 Å². The van der Waals surface area contributed by atoms with E-state index in [-0.39, 0.29) is 48.3 Å². The molecular weight excluding hydrogens is 810 g/mol. The summed E-state index contributed by atoms with van der Waals surface area (Å²) in [6, 6.07) is 3.27. The molecule has 0 radical (unpaired) electrons. The van der Waals surface area contributed by atoms with Crippen LogP contribution in [0.3, 0.4) is 0 Å². The second-order valence-electron chi connectivity index (χ2n) is 17.4. The Morgan fingerprint density at radius 2 is 1.63 bits per heavy atom. The zero-order chi connectivity index (χ0) is 43.5. The van der Waals surface area contributed by atoms with Gasteiger partial charge >= 0.3 is 30.2 Å². The van der Waals surface area contributed by atoms with Gasteiger partial charge in [0.2, 0.25) is 5.91 Å². The number of imide groups is 1. The van der Waals surface area contributed by atoms with Gasteiger partial charge in [-0.05, 0) is 98.3 Å². The Labute approximate surface area is 347 Å². The molecule has 20 heteroatoms. The van der Waals surface area contributed by atoms with E-state index in [0.717, 1.165) is 28.6 Å². The van der Waals surface area contributed by atoms with Crippen LogP contribution in [0.25, 0.3) is 21.1 Å². The Bertz CT molecular complexity index is 2310. The van der Waals surface area contributed by atoms with E-state index in [0.29, 0.717) is 29.0 Å². The fourth-order valence-corrected chi connectivity index (χ4v) is 8.06. The molecule has 7 rings (SSSR count). The van der Waals surface area contributed by atoms with Gasteiger partial charge in [-0.2, -0.15) is 23.2 Å². The monoisotopic (exact) mass is 856 g/mol. The van der Waals surface area contributed by atoms with Crippen molar-refractivity contribution in [1.82, 2.24) is 29.5 Å². The maximum Gasteiger partial charge on any atom is 0.425 e. The fourth-order valence-electron chi connectivity index (χ4n) is 7.40. The van der Waals surface area contributed by atoms with Crippen LogP contribution in [0.2, 0.25) is 0 Å². The van der Waals surface area contributed by atoms with Crippen molar-refractivity contribution in [2.45, 2.75) is 116 Å². The van der Waals surface area contributed by atoms with Crippen LogP contribution in [-0.4, -0.2) is 103 Å². The molecule has 5 heterocycles. The number of carbonyl (C=O) groups excluding carboxylic acids is 5. The van der Waals surface area contributed by atoms with Crippen molar-refractivity contribution in [2.24, 2.45) is 5.41 Å². The number of piperazine rings is 1. The fraction of sp³-hybridized carbons (Fsp3) is 0.550. The molecule has 1 saturated carbocycles. The summed E-state index contributed by atoms with van der Waals surface area (Å²) in [5.74, 6) is -3.45. The highest BCUT2D eigenvalue weighted by Gasteiger charge is 2.70. The third-order valence-electron chi connectivity index (χ3n) is 10.5. The minimum atomic E-state index is -4.74. The number of hydrogen-bond acceptors (Lipinski definition) is 12. The summed E-state index contributed by atoms with van der Waals surface area (Å²) in [5, 5.41) is 7.40. The minimum absolute atomic E-state index is 0.0450. The SMILES string of the molecule is C[C@@H]1CN(C(=O)C(=O)Nc2cnc(N(C(=O)OC(C)(C)C)C(=O)OC(C)(C)C)c3cn(C4CCCCO4)nc23)[C@@H](c2ccc3scnc3c2)CN1C(=O)C1(C(F)(F)F)CC1. The standard InChI is InChI=1S/C40H47F3N8O8S/c1-22-18-49(27(23-11-12-28-25(16-23)45-21-60-28)20-48(22)34(54)39(13-14-39)40(41,42)43)33(53)32(52)46-26-17-44-31(24-19-50(47-30(24)26)29-10-8-9-15-57-29)51(35(55)58-37(2,3)4)36(56)59-38(5,6)7/h11-12,16-17,19,21-22,27,29H,8-10,13-15,18,20H2,1-7H3,(H,46,52)/t22-,27-,29?/m1/s1. The first-order valence-corrected chi connectivity index (χ1v) is 20.5. The Morgan fingerprint density at radius 3 is 2.23 bits per heavy atom.